The molecule has 3 rings (SSSR count). The van der Waals surface area contributed by atoms with E-state index in [2.05, 4.69) is 22.8 Å². The first kappa shape index (κ1) is 16.2. The average Bonchev–Trinajstić information content (AvgIpc) is 2.60. The highest BCUT2D eigenvalue weighted by Crippen LogP contribution is 2.29. The van der Waals surface area contributed by atoms with Gasteiger partial charge in [-0.25, -0.2) is 0 Å². The van der Waals surface area contributed by atoms with E-state index >= 15 is 0 Å². The van der Waals surface area contributed by atoms with Gasteiger partial charge in [0.05, 0.1) is 12.6 Å². The van der Waals surface area contributed by atoms with E-state index in [1.165, 1.54) is 11.1 Å². The minimum Gasteiger partial charge on any atom is -0.348 e. The van der Waals surface area contributed by atoms with Gasteiger partial charge >= 0.3 is 0 Å². The van der Waals surface area contributed by atoms with Crippen molar-refractivity contribution >= 4 is 11.8 Å². The van der Waals surface area contributed by atoms with E-state index in [0.29, 0.717) is 5.56 Å². The van der Waals surface area contributed by atoms with Gasteiger partial charge in [0.2, 0.25) is 5.91 Å². The molecule has 2 aromatic carbocycles. The van der Waals surface area contributed by atoms with Gasteiger partial charge in [-0.2, -0.15) is 0 Å². The Bertz CT molecular complexity index is 755. The lowest BCUT2D eigenvalue weighted by Crippen LogP contribution is -2.39. The van der Waals surface area contributed by atoms with Gasteiger partial charge in [0.15, 0.2) is 0 Å². The summed E-state index contributed by atoms with van der Waals surface area (Å²) in [6, 6.07) is 15.6. The van der Waals surface area contributed by atoms with E-state index in [1.807, 2.05) is 37.3 Å². The van der Waals surface area contributed by atoms with Crippen LogP contribution in [-0.2, 0) is 11.2 Å². The minimum atomic E-state index is -0.224. The van der Waals surface area contributed by atoms with Crippen LogP contribution in [0.1, 0.15) is 45.9 Å². The molecule has 0 saturated carbocycles. The van der Waals surface area contributed by atoms with Crippen LogP contribution < -0.4 is 10.6 Å². The normalized spacial score (nSPS) is 16.1. The van der Waals surface area contributed by atoms with Crippen molar-refractivity contribution in [3.63, 3.8) is 0 Å². The van der Waals surface area contributed by atoms with Crippen molar-refractivity contribution in [1.29, 1.82) is 0 Å². The molecule has 124 valence electrons. The van der Waals surface area contributed by atoms with E-state index in [9.17, 15) is 9.59 Å². The summed E-state index contributed by atoms with van der Waals surface area (Å²) in [6.45, 7) is 1.93. The number of carbonyl (C=O) groups excluding carboxylic acids is 2. The van der Waals surface area contributed by atoms with Gasteiger partial charge in [0.1, 0.15) is 0 Å². The summed E-state index contributed by atoms with van der Waals surface area (Å²) < 4.78 is 0. The Kier molecular flexibility index (Phi) is 4.94. The molecule has 0 aromatic heterocycles. The summed E-state index contributed by atoms with van der Waals surface area (Å²) in [5, 5.41) is 5.73. The van der Waals surface area contributed by atoms with Crippen molar-refractivity contribution in [2.75, 3.05) is 6.54 Å². The number of amides is 2. The first-order chi connectivity index (χ1) is 11.6. The van der Waals surface area contributed by atoms with E-state index in [-0.39, 0.29) is 24.4 Å². The number of nitrogens with one attached hydrogen (secondary N) is 2. The van der Waals surface area contributed by atoms with Crippen molar-refractivity contribution in [3.8, 4) is 0 Å². The van der Waals surface area contributed by atoms with Gasteiger partial charge < -0.3 is 10.6 Å². The number of fused-ring (bicyclic) bond motifs is 1. The second kappa shape index (κ2) is 7.30. The average molecular weight is 322 g/mol. The number of aryl methyl sites for hydroxylation is 2. The predicted octanol–water partition coefficient (Wildman–Crippen LogP) is 2.92. The molecular formula is C20H22N2O2. The summed E-state index contributed by atoms with van der Waals surface area (Å²) in [7, 11) is 0. The highest BCUT2D eigenvalue weighted by molar-refractivity contribution is 5.96. The topological polar surface area (TPSA) is 58.2 Å². The third kappa shape index (κ3) is 3.82. The van der Waals surface area contributed by atoms with Crippen LogP contribution in [0.15, 0.2) is 48.5 Å². The fourth-order valence-corrected chi connectivity index (χ4v) is 3.20. The lowest BCUT2D eigenvalue weighted by atomic mass is 9.88. The number of hydrogen-bond acceptors (Lipinski definition) is 2. The van der Waals surface area contributed by atoms with Crippen LogP contribution in [0.25, 0.3) is 0 Å². The molecular weight excluding hydrogens is 300 g/mol. The molecule has 0 aliphatic heterocycles. The molecule has 4 nitrogen and oxygen atoms in total. The van der Waals surface area contributed by atoms with E-state index < -0.39 is 0 Å². The third-order valence-electron chi connectivity index (χ3n) is 4.39. The maximum absolute atomic E-state index is 12.2. The van der Waals surface area contributed by atoms with Crippen molar-refractivity contribution < 1.29 is 9.59 Å². The zero-order valence-corrected chi connectivity index (χ0v) is 13.8. The molecule has 0 heterocycles. The molecule has 0 radical (unpaired) electrons. The molecule has 1 aliphatic carbocycles. The summed E-state index contributed by atoms with van der Waals surface area (Å²) in [5.74, 6) is -0.379. The zero-order valence-electron chi connectivity index (χ0n) is 13.8. The van der Waals surface area contributed by atoms with Crippen LogP contribution in [0.5, 0.6) is 0 Å². The minimum absolute atomic E-state index is 0.00849. The molecule has 2 N–H and O–H groups in total. The molecule has 0 bridgehead atoms. The summed E-state index contributed by atoms with van der Waals surface area (Å²) in [6.07, 6.45) is 3.07. The molecule has 0 fully saturated rings. The monoisotopic (exact) mass is 322 g/mol. The van der Waals surface area contributed by atoms with Gasteiger partial charge in [-0.1, -0.05) is 42.0 Å². The SMILES string of the molecule is Cc1cccc(C(=O)NCC(=O)N[C@H]2CCCc3ccccc32)c1. The molecule has 1 aliphatic rings. The van der Waals surface area contributed by atoms with Crippen molar-refractivity contribution in [2.24, 2.45) is 0 Å². The lowest BCUT2D eigenvalue weighted by Gasteiger charge is -2.26. The molecule has 0 unspecified atom stereocenters. The molecule has 0 saturated heterocycles. The van der Waals surface area contributed by atoms with Crippen LogP contribution in [0.4, 0.5) is 0 Å². The molecule has 0 spiro atoms. The Labute approximate surface area is 142 Å². The van der Waals surface area contributed by atoms with Crippen LogP contribution >= 0.6 is 0 Å². The van der Waals surface area contributed by atoms with Gasteiger partial charge in [-0.15, -0.1) is 0 Å². The maximum atomic E-state index is 12.2. The highest BCUT2D eigenvalue weighted by atomic mass is 16.2. The second-order valence-corrected chi connectivity index (χ2v) is 6.26. The Balaban J connectivity index is 1.56. The highest BCUT2D eigenvalue weighted by Gasteiger charge is 2.21. The Morgan fingerprint density at radius 3 is 2.79 bits per heavy atom. The maximum Gasteiger partial charge on any atom is 0.251 e. The second-order valence-electron chi connectivity index (χ2n) is 6.26. The number of rotatable bonds is 4. The van der Waals surface area contributed by atoms with Crippen molar-refractivity contribution in [3.05, 3.63) is 70.8 Å². The molecule has 4 heteroatoms. The Morgan fingerprint density at radius 1 is 1.12 bits per heavy atom. The fraction of sp³-hybridized carbons (Fsp3) is 0.300. The van der Waals surface area contributed by atoms with Crippen LogP contribution in [-0.4, -0.2) is 18.4 Å². The van der Waals surface area contributed by atoms with Gasteiger partial charge in [-0.05, 0) is 49.4 Å². The Hall–Kier alpha value is -2.62. The van der Waals surface area contributed by atoms with Gasteiger partial charge in [-0.3, -0.25) is 9.59 Å². The van der Waals surface area contributed by atoms with Crippen LogP contribution in [0.2, 0.25) is 0 Å². The number of benzene rings is 2. The van der Waals surface area contributed by atoms with Gasteiger partial charge in [0, 0.05) is 5.56 Å². The van der Waals surface area contributed by atoms with E-state index in [4.69, 9.17) is 0 Å². The summed E-state index contributed by atoms with van der Waals surface area (Å²) in [4.78, 5) is 24.3. The molecule has 2 amide bonds. The predicted molar refractivity (Wildman–Crippen MR) is 93.8 cm³/mol. The standard InChI is InChI=1S/C20H22N2O2/c1-14-6-4-9-16(12-14)20(24)21-13-19(23)22-18-11-5-8-15-7-2-3-10-17(15)18/h2-4,6-7,9-10,12,18H,5,8,11,13H2,1H3,(H,21,24)(H,22,23)/t18-/m0/s1. The zero-order chi connectivity index (χ0) is 16.9. The van der Waals surface area contributed by atoms with Crippen LogP contribution in [0, 0.1) is 6.92 Å². The molecule has 1 atom stereocenters. The number of carbonyl (C=O) groups is 2. The summed E-state index contributed by atoms with van der Waals surface area (Å²) in [5.41, 5.74) is 4.09. The molecule has 24 heavy (non-hydrogen) atoms. The van der Waals surface area contributed by atoms with Crippen molar-refractivity contribution in [2.45, 2.75) is 32.2 Å². The van der Waals surface area contributed by atoms with Crippen LogP contribution in [0.3, 0.4) is 0 Å². The van der Waals surface area contributed by atoms with E-state index in [0.717, 1.165) is 24.8 Å². The first-order valence-corrected chi connectivity index (χ1v) is 8.35. The number of hydrogen-bond donors (Lipinski definition) is 2. The largest absolute Gasteiger partial charge is 0.348 e. The van der Waals surface area contributed by atoms with E-state index in [1.54, 1.807) is 6.07 Å². The lowest BCUT2D eigenvalue weighted by molar-refractivity contribution is -0.121. The summed E-state index contributed by atoms with van der Waals surface area (Å²) >= 11 is 0. The first-order valence-electron chi connectivity index (χ1n) is 8.35. The smallest absolute Gasteiger partial charge is 0.251 e. The van der Waals surface area contributed by atoms with Crippen molar-refractivity contribution in [1.82, 2.24) is 10.6 Å². The Morgan fingerprint density at radius 2 is 1.96 bits per heavy atom. The third-order valence-corrected chi connectivity index (χ3v) is 4.39. The quantitative estimate of drug-likeness (QED) is 0.909. The fourth-order valence-electron chi connectivity index (χ4n) is 3.20. The molecule has 2 aromatic rings. The van der Waals surface area contributed by atoms with Gasteiger partial charge in [0.25, 0.3) is 5.91 Å².